The van der Waals surface area contributed by atoms with E-state index in [1.54, 1.807) is 6.08 Å². The summed E-state index contributed by atoms with van der Waals surface area (Å²) in [6.07, 6.45) is 7.82. The molecule has 3 aromatic rings. The molecule has 146 valence electrons. The predicted molar refractivity (Wildman–Crippen MR) is 115 cm³/mol. The highest BCUT2D eigenvalue weighted by atomic mass is 16.5. The van der Waals surface area contributed by atoms with E-state index in [2.05, 4.69) is 6.07 Å². The maximum Gasteiger partial charge on any atom is 0.336 e. The molecule has 1 aliphatic rings. The van der Waals surface area contributed by atoms with Crippen molar-refractivity contribution in [3.05, 3.63) is 101 Å². The molecule has 0 spiro atoms. The second kappa shape index (κ2) is 9.24. The normalized spacial score (nSPS) is 13.1. The number of carbonyl (C=O) groups excluding carboxylic acids is 1. The molecule has 3 aromatic carbocycles. The van der Waals surface area contributed by atoms with Crippen LogP contribution in [0.25, 0.3) is 6.08 Å². The Balaban J connectivity index is 1.35. The van der Waals surface area contributed by atoms with Crippen LogP contribution in [0.3, 0.4) is 0 Å². The van der Waals surface area contributed by atoms with Gasteiger partial charge >= 0.3 is 5.97 Å². The average Bonchev–Trinajstić information content (AvgIpc) is 2.77. The fourth-order valence-electron chi connectivity index (χ4n) is 3.54. The van der Waals surface area contributed by atoms with Crippen LogP contribution in [0.4, 0.5) is 0 Å². The summed E-state index contributed by atoms with van der Waals surface area (Å²) in [6, 6.07) is 23.6. The van der Waals surface area contributed by atoms with Gasteiger partial charge in [-0.05, 0) is 78.3 Å². The molecule has 0 aromatic heterocycles. The monoisotopic (exact) mass is 384 g/mol. The fraction of sp³-hybridized carbons (Fsp3) is 0.192. The Morgan fingerprint density at radius 2 is 1.66 bits per heavy atom. The summed E-state index contributed by atoms with van der Waals surface area (Å²) < 4.78 is 11.3. The van der Waals surface area contributed by atoms with E-state index in [0.717, 1.165) is 29.7 Å². The third-order valence-corrected chi connectivity index (χ3v) is 5.06. The maximum absolute atomic E-state index is 12.2. The van der Waals surface area contributed by atoms with Gasteiger partial charge in [0, 0.05) is 6.08 Å². The van der Waals surface area contributed by atoms with E-state index in [1.807, 2.05) is 66.7 Å². The second-order valence-corrected chi connectivity index (χ2v) is 7.24. The topological polar surface area (TPSA) is 35.5 Å². The Bertz CT molecular complexity index is 1010. The molecule has 0 saturated carbocycles. The lowest BCUT2D eigenvalue weighted by Gasteiger charge is -2.16. The average molecular weight is 384 g/mol. The van der Waals surface area contributed by atoms with E-state index in [-0.39, 0.29) is 5.97 Å². The van der Waals surface area contributed by atoms with Crippen molar-refractivity contribution in [3.8, 4) is 11.5 Å². The Morgan fingerprint density at radius 1 is 0.828 bits per heavy atom. The fourth-order valence-corrected chi connectivity index (χ4v) is 3.54. The van der Waals surface area contributed by atoms with Crippen LogP contribution < -0.4 is 9.47 Å². The van der Waals surface area contributed by atoms with Gasteiger partial charge < -0.3 is 9.47 Å². The number of esters is 1. The van der Waals surface area contributed by atoms with Crippen molar-refractivity contribution in [2.24, 2.45) is 0 Å². The summed E-state index contributed by atoms with van der Waals surface area (Å²) in [7, 11) is 0. The van der Waals surface area contributed by atoms with Crippen LogP contribution in [0, 0.1) is 0 Å². The van der Waals surface area contributed by atoms with Crippen molar-refractivity contribution in [3.63, 3.8) is 0 Å². The molecule has 4 rings (SSSR count). The zero-order valence-electron chi connectivity index (χ0n) is 16.3. The number of hydrogen-bond acceptors (Lipinski definition) is 3. The zero-order chi connectivity index (χ0) is 19.9. The standard InChI is InChI=1S/C26H24O3/c27-26(29-25-15-14-22-10-4-5-11-23(22)18-25)16-13-20-9-6-12-24(17-20)28-19-21-7-2-1-3-8-21/h1-3,6-9,12-18H,4-5,10-11,19H2/b16-13+. The van der Waals surface area contributed by atoms with E-state index in [1.165, 1.54) is 30.0 Å². The van der Waals surface area contributed by atoms with Gasteiger partial charge in [0.2, 0.25) is 0 Å². The first-order chi connectivity index (χ1) is 14.3. The van der Waals surface area contributed by atoms with Gasteiger partial charge in [0.1, 0.15) is 18.1 Å². The summed E-state index contributed by atoms with van der Waals surface area (Å²) in [4.78, 5) is 12.2. The second-order valence-electron chi connectivity index (χ2n) is 7.24. The van der Waals surface area contributed by atoms with Crippen LogP contribution in [-0.4, -0.2) is 5.97 Å². The zero-order valence-corrected chi connectivity index (χ0v) is 16.3. The summed E-state index contributed by atoms with van der Waals surface area (Å²) >= 11 is 0. The molecule has 0 atom stereocenters. The lowest BCUT2D eigenvalue weighted by Crippen LogP contribution is -2.06. The summed E-state index contributed by atoms with van der Waals surface area (Å²) in [5, 5.41) is 0. The largest absolute Gasteiger partial charge is 0.489 e. The molecule has 0 saturated heterocycles. The summed E-state index contributed by atoms with van der Waals surface area (Å²) in [5.74, 6) is 0.996. The molecular formula is C26H24O3. The van der Waals surface area contributed by atoms with Crippen LogP contribution in [0.15, 0.2) is 78.9 Å². The minimum atomic E-state index is -0.378. The van der Waals surface area contributed by atoms with Crippen LogP contribution in [0.5, 0.6) is 11.5 Å². The van der Waals surface area contributed by atoms with Crippen molar-refractivity contribution < 1.29 is 14.3 Å². The molecule has 0 unspecified atom stereocenters. The molecule has 0 aliphatic heterocycles. The number of benzene rings is 3. The van der Waals surface area contributed by atoms with E-state index in [4.69, 9.17) is 9.47 Å². The molecule has 0 heterocycles. The molecule has 29 heavy (non-hydrogen) atoms. The lowest BCUT2D eigenvalue weighted by molar-refractivity contribution is -0.128. The van der Waals surface area contributed by atoms with Gasteiger partial charge in [0.05, 0.1) is 0 Å². The highest BCUT2D eigenvalue weighted by Gasteiger charge is 2.11. The van der Waals surface area contributed by atoms with E-state index < -0.39 is 0 Å². The first-order valence-electron chi connectivity index (χ1n) is 10.0. The SMILES string of the molecule is O=C(/C=C/c1cccc(OCc2ccccc2)c1)Oc1ccc2c(c1)CCCC2. The van der Waals surface area contributed by atoms with Gasteiger partial charge in [-0.2, -0.15) is 0 Å². The number of fused-ring (bicyclic) bond motifs is 1. The number of aryl methyl sites for hydroxylation is 2. The molecule has 1 aliphatic carbocycles. The van der Waals surface area contributed by atoms with Gasteiger partial charge in [-0.15, -0.1) is 0 Å². The first-order valence-corrected chi connectivity index (χ1v) is 10.0. The van der Waals surface area contributed by atoms with Gasteiger partial charge in [0.25, 0.3) is 0 Å². The van der Waals surface area contributed by atoms with E-state index >= 15 is 0 Å². The minimum absolute atomic E-state index is 0.378. The van der Waals surface area contributed by atoms with Crippen LogP contribution >= 0.6 is 0 Å². The number of hydrogen-bond donors (Lipinski definition) is 0. The van der Waals surface area contributed by atoms with Crippen molar-refractivity contribution in [2.75, 3.05) is 0 Å². The summed E-state index contributed by atoms with van der Waals surface area (Å²) in [5.41, 5.74) is 4.67. The minimum Gasteiger partial charge on any atom is -0.489 e. The predicted octanol–water partition coefficient (Wildman–Crippen LogP) is 5.76. The molecule has 0 fully saturated rings. The Labute approximate surface area is 171 Å². The molecule has 0 bridgehead atoms. The van der Waals surface area contributed by atoms with Crippen LogP contribution in [-0.2, 0) is 24.2 Å². The molecule has 0 radical (unpaired) electrons. The van der Waals surface area contributed by atoms with Gasteiger partial charge in [-0.1, -0.05) is 48.5 Å². The molecule has 0 amide bonds. The van der Waals surface area contributed by atoms with E-state index in [0.29, 0.717) is 12.4 Å². The van der Waals surface area contributed by atoms with Gasteiger partial charge in [-0.3, -0.25) is 0 Å². The molecular weight excluding hydrogens is 360 g/mol. The smallest absolute Gasteiger partial charge is 0.336 e. The molecule has 0 N–H and O–H groups in total. The van der Waals surface area contributed by atoms with Crippen molar-refractivity contribution >= 4 is 12.0 Å². The first kappa shape index (κ1) is 19.0. The van der Waals surface area contributed by atoms with Gasteiger partial charge in [0.15, 0.2) is 0 Å². The highest BCUT2D eigenvalue weighted by Crippen LogP contribution is 2.25. The summed E-state index contributed by atoms with van der Waals surface area (Å²) in [6.45, 7) is 0.508. The number of rotatable bonds is 6. The molecule has 3 nitrogen and oxygen atoms in total. The van der Waals surface area contributed by atoms with Gasteiger partial charge in [-0.25, -0.2) is 4.79 Å². The third-order valence-electron chi connectivity index (χ3n) is 5.06. The Kier molecular flexibility index (Phi) is 6.06. The Morgan fingerprint density at radius 3 is 2.52 bits per heavy atom. The third kappa shape index (κ3) is 5.35. The molecule has 3 heteroatoms. The maximum atomic E-state index is 12.2. The van der Waals surface area contributed by atoms with Crippen LogP contribution in [0.1, 0.15) is 35.1 Å². The van der Waals surface area contributed by atoms with Crippen molar-refractivity contribution in [2.45, 2.75) is 32.3 Å². The van der Waals surface area contributed by atoms with Crippen molar-refractivity contribution in [1.29, 1.82) is 0 Å². The van der Waals surface area contributed by atoms with Crippen LogP contribution in [0.2, 0.25) is 0 Å². The quantitative estimate of drug-likeness (QED) is 0.308. The Hall–Kier alpha value is -3.33. The van der Waals surface area contributed by atoms with E-state index in [9.17, 15) is 4.79 Å². The van der Waals surface area contributed by atoms with Crippen molar-refractivity contribution in [1.82, 2.24) is 0 Å². The number of carbonyl (C=O) groups is 1. The lowest BCUT2D eigenvalue weighted by atomic mass is 9.92. The number of ether oxygens (including phenoxy) is 2. The highest BCUT2D eigenvalue weighted by molar-refractivity contribution is 5.88.